The van der Waals surface area contributed by atoms with Crippen molar-refractivity contribution in [1.29, 1.82) is 0 Å². The molecule has 1 aliphatic heterocycles. The molecule has 3 rings (SSSR count). The van der Waals surface area contributed by atoms with Crippen molar-refractivity contribution in [1.82, 2.24) is 5.32 Å². The standard InChI is InChI=1S/C16H21NO2S/c18-16(17-9-10-20-13-6-2-3-7-13)15-11-12-5-1-4-8-14(12)19-15/h1,4-5,8,13,15H,2-3,6-7,9-11H2,(H,17,18)/t15-/m1/s1. The van der Waals surface area contributed by atoms with Crippen molar-refractivity contribution in [3.8, 4) is 5.75 Å². The van der Waals surface area contributed by atoms with E-state index in [2.05, 4.69) is 5.32 Å². The Morgan fingerprint density at radius 3 is 2.90 bits per heavy atom. The molecule has 1 heterocycles. The van der Waals surface area contributed by atoms with Gasteiger partial charge in [-0.1, -0.05) is 31.0 Å². The first-order valence-electron chi connectivity index (χ1n) is 7.47. The van der Waals surface area contributed by atoms with Crippen LogP contribution in [0.15, 0.2) is 24.3 Å². The number of para-hydroxylation sites is 1. The van der Waals surface area contributed by atoms with E-state index >= 15 is 0 Å². The van der Waals surface area contributed by atoms with Gasteiger partial charge in [0, 0.05) is 24.0 Å². The average Bonchev–Trinajstić information content (AvgIpc) is 3.12. The number of benzene rings is 1. The van der Waals surface area contributed by atoms with Crippen molar-refractivity contribution in [3.63, 3.8) is 0 Å². The average molecular weight is 291 g/mol. The van der Waals surface area contributed by atoms with Crippen LogP contribution >= 0.6 is 11.8 Å². The second kappa shape index (κ2) is 6.53. The SMILES string of the molecule is O=C(NCCSC1CCCC1)[C@H]1Cc2ccccc2O1. The molecule has 3 nitrogen and oxygen atoms in total. The minimum Gasteiger partial charge on any atom is -0.480 e. The van der Waals surface area contributed by atoms with E-state index in [4.69, 9.17) is 4.74 Å². The molecule has 1 aromatic carbocycles. The highest BCUT2D eigenvalue weighted by Gasteiger charge is 2.28. The lowest BCUT2D eigenvalue weighted by Crippen LogP contribution is -2.38. The van der Waals surface area contributed by atoms with Crippen LogP contribution in [0.3, 0.4) is 0 Å². The first-order valence-corrected chi connectivity index (χ1v) is 8.51. The lowest BCUT2D eigenvalue weighted by Gasteiger charge is -2.12. The van der Waals surface area contributed by atoms with Crippen molar-refractivity contribution < 1.29 is 9.53 Å². The molecule has 1 atom stereocenters. The predicted molar refractivity (Wildman–Crippen MR) is 82.3 cm³/mol. The maximum Gasteiger partial charge on any atom is 0.261 e. The summed E-state index contributed by atoms with van der Waals surface area (Å²) in [5.41, 5.74) is 1.13. The van der Waals surface area contributed by atoms with Gasteiger partial charge in [-0.05, 0) is 24.5 Å². The molecule has 4 heteroatoms. The normalized spacial score (nSPS) is 21.5. The molecule has 2 aliphatic rings. The minimum atomic E-state index is -0.344. The molecule has 0 spiro atoms. The number of fused-ring (bicyclic) bond motifs is 1. The van der Waals surface area contributed by atoms with Crippen molar-refractivity contribution in [2.24, 2.45) is 0 Å². The highest BCUT2D eigenvalue weighted by atomic mass is 32.2. The van der Waals surface area contributed by atoms with E-state index in [1.165, 1.54) is 25.7 Å². The van der Waals surface area contributed by atoms with Gasteiger partial charge in [-0.25, -0.2) is 0 Å². The zero-order valence-electron chi connectivity index (χ0n) is 11.6. The zero-order chi connectivity index (χ0) is 13.8. The Kier molecular flexibility index (Phi) is 4.51. The molecule has 1 amide bonds. The van der Waals surface area contributed by atoms with E-state index in [0.717, 1.165) is 28.9 Å². The zero-order valence-corrected chi connectivity index (χ0v) is 12.5. The van der Waals surface area contributed by atoms with Crippen LogP contribution in [0.4, 0.5) is 0 Å². The summed E-state index contributed by atoms with van der Waals surface area (Å²) in [7, 11) is 0. The lowest BCUT2D eigenvalue weighted by atomic mass is 10.1. The molecule has 1 aromatic rings. The number of amides is 1. The molecular formula is C16H21NO2S. The van der Waals surface area contributed by atoms with Crippen LogP contribution in [0.1, 0.15) is 31.2 Å². The largest absolute Gasteiger partial charge is 0.480 e. The molecule has 1 fully saturated rings. The topological polar surface area (TPSA) is 38.3 Å². The number of rotatable bonds is 5. The minimum absolute atomic E-state index is 0.0215. The summed E-state index contributed by atoms with van der Waals surface area (Å²) in [5.74, 6) is 1.89. The molecule has 1 N–H and O–H groups in total. The van der Waals surface area contributed by atoms with Crippen molar-refractivity contribution in [3.05, 3.63) is 29.8 Å². The third-order valence-corrected chi connectivity index (χ3v) is 5.38. The summed E-state index contributed by atoms with van der Waals surface area (Å²) in [4.78, 5) is 12.1. The van der Waals surface area contributed by atoms with Gasteiger partial charge in [-0.15, -0.1) is 0 Å². The van der Waals surface area contributed by atoms with E-state index in [-0.39, 0.29) is 12.0 Å². The lowest BCUT2D eigenvalue weighted by molar-refractivity contribution is -0.127. The Bertz CT molecular complexity index is 446. The predicted octanol–water partition coefficient (Wildman–Crippen LogP) is 2.78. The third-order valence-electron chi connectivity index (χ3n) is 4.00. The molecule has 0 saturated heterocycles. The number of carbonyl (C=O) groups is 1. The van der Waals surface area contributed by atoms with Gasteiger partial charge in [-0.2, -0.15) is 11.8 Å². The van der Waals surface area contributed by atoms with Crippen LogP contribution in [0.2, 0.25) is 0 Å². The van der Waals surface area contributed by atoms with Crippen LogP contribution in [0.5, 0.6) is 5.75 Å². The Labute approximate surface area is 124 Å². The van der Waals surface area contributed by atoms with Gasteiger partial charge in [0.25, 0.3) is 5.91 Å². The van der Waals surface area contributed by atoms with Crippen molar-refractivity contribution >= 4 is 17.7 Å². The smallest absolute Gasteiger partial charge is 0.261 e. The fourth-order valence-electron chi connectivity index (χ4n) is 2.90. The highest BCUT2D eigenvalue weighted by Crippen LogP contribution is 2.29. The Morgan fingerprint density at radius 2 is 2.10 bits per heavy atom. The number of hydrogen-bond acceptors (Lipinski definition) is 3. The molecule has 0 bridgehead atoms. The van der Waals surface area contributed by atoms with Gasteiger partial charge < -0.3 is 10.1 Å². The quantitative estimate of drug-likeness (QED) is 0.848. The Hall–Kier alpha value is -1.16. The summed E-state index contributed by atoms with van der Waals surface area (Å²) in [5, 5.41) is 3.82. The van der Waals surface area contributed by atoms with E-state index < -0.39 is 0 Å². The van der Waals surface area contributed by atoms with Gasteiger partial charge >= 0.3 is 0 Å². The highest BCUT2D eigenvalue weighted by molar-refractivity contribution is 7.99. The molecule has 1 saturated carbocycles. The van der Waals surface area contributed by atoms with Gasteiger partial charge in [0.2, 0.25) is 0 Å². The molecule has 0 radical (unpaired) electrons. The number of thioether (sulfide) groups is 1. The first-order chi connectivity index (χ1) is 9.83. The Balaban J connectivity index is 1.38. The summed E-state index contributed by atoms with van der Waals surface area (Å²) < 4.78 is 5.68. The van der Waals surface area contributed by atoms with Gasteiger partial charge in [0.1, 0.15) is 5.75 Å². The molecule has 0 unspecified atom stereocenters. The second-order valence-corrected chi connectivity index (χ2v) is 6.89. The number of nitrogens with one attached hydrogen (secondary N) is 1. The fourth-order valence-corrected chi connectivity index (χ4v) is 4.12. The fraction of sp³-hybridized carbons (Fsp3) is 0.562. The molecule has 1 aliphatic carbocycles. The number of hydrogen-bond donors (Lipinski definition) is 1. The molecule has 0 aromatic heterocycles. The van der Waals surface area contributed by atoms with Crippen molar-refractivity contribution in [2.75, 3.05) is 12.3 Å². The maximum atomic E-state index is 12.1. The van der Waals surface area contributed by atoms with E-state index in [1.54, 1.807) is 0 Å². The van der Waals surface area contributed by atoms with Crippen LogP contribution in [-0.2, 0) is 11.2 Å². The first kappa shape index (κ1) is 13.8. The third kappa shape index (κ3) is 3.29. The molecular weight excluding hydrogens is 270 g/mol. The van der Waals surface area contributed by atoms with Crippen LogP contribution < -0.4 is 10.1 Å². The summed E-state index contributed by atoms with van der Waals surface area (Å²) in [6.07, 6.45) is 5.79. The summed E-state index contributed by atoms with van der Waals surface area (Å²) in [6, 6.07) is 7.88. The molecule has 20 heavy (non-hydrogen) atoms. The van der Waals surface area contributed by atoms with Crippen LogP contribution in [0, 0.1) is 0 Å². The number of carbonyl (C=O) groups excluding carboxylic acids is 1. The van der Waals surface area contributed by atoms with Gasteiger partial charge in [0.05, 0.1) is 0 Å². The number of ether oxygens (including phenoxy) is 1. The molecule has 108 valence electrons. The summed E-state index contributed by atoms with van der Waals surface area (Å²) in [6.45, 7) is 0.746. The summed E-state index contributed by atoms with van der Waals surface area (Å²) >= 11 is 2.00. The van der Waals surface area contributed by atoms with Gasteiger partial charge in [-0.3, -0.25) is 4.79 Å². The van der Waals surface area contributed by atoms with Crippen LogP contribution in [-0.4, -0.2) is 29.6 Å². The monoisotopic (exact) mass is 291 g/mol. The Morgan fingerprint density at radius 1 is 1.30 bits per heavy atom. The van der Waals surface area contributed by atoms with Gasteiger partial charge in [0.15, 0.2) is 6.10 Å². The van der Waals surface area contributed by atoms with Crippen LogP contribution in [0.25, 0.3) is 0 Å². The van der Waals surface area contributed by atoms with E-state index in [0.29, 0.717) is 6.42 Å². The van der Waals surface area contributed by atoms with E-state index in [1.807, 2.05) is 36.0 Å². The van der Waals surface area contributed by atoms with E-state index in [9.17, 15) is 4.79 Å². The van der Waals surface area contributed by atoms with Crippen molar-refractivity contribution in [2.45, 2.75) is 43.5 Å². The maximum absolute atomic E-state index is 12.1. The second-order valence-electron chi connectivity index (χ2n) is 5.49.